The molecule has 1 unspecified atom stereocenters. The maximum atomic E-state index is 10.7. The molecule has 0 bridgehead atoms. The number of hydrogen-bond acceptors (Lipinski definition) is 6. The standard InChI is InChI=1S/C14H18N2O5/c1-3-8-15-14(11-5-4-10(20-11)9-19-2)12-6-7-13(21-12)16(17)18/h4-7,14-15H,3,8-9H2,1-2H3. The number of methoxy groups -OCH3 is 1. The van der Waals surface area contributed by atoms with E-state index in [1.807, 2.05) is 19.1 Å². The number of hydrogen-bond donors (Lipinski definition) is 1. The highest BCUT2D eigenvalue weighted by Gasteiger charge is 2.23. The molecule has 2 rings (SSSR count). The molecule has 0 amide bonds. The lowest BCUT2D eigenvalue weighted by Crippen LogP contribution is -2.22. The van der Waals surface area contributed by atoms with Crippen LogP contribution < -0.4 is 5.32 Å². The minimum atomic E-state index is -0.557. The molecule has 0 saturated heterocycles. The van der Waals surface area contributed by atoms with Crippen molar-refractivity contribution in [2.24, 2.45) is 0 Å². The van der Waals surface area contributed by atoms with Crippen LogP contribution in [-0.2, 0) is 11.3 Å². The van der Waals surface area contributed by atoms with Crippen molar-refractivity contribution in [2.45, 2.75) is 26.0 Å². The molecule has 2 aromatic rings. The Balaban J connectivity index is 2.25. The van der Waals surface area contributed by atoms with Gasteiger partial charge in [0.15, 0.2) is 0 Å². The third-order valence-electron chi connectivity index (χ3n) is 2.93. The van der Waals surface area contributed by atoms with E-state index in [-0.39, 0.29) is 11.9 Å². The van der Waals surface area contributed by atoms with Crippen LogP contribution in [0.4, 0.5) is 5.88 Å². The summed E-state index contributed by atoms with van der Waals surface area (Å²) in [4.78, 5) is 10.2. The second-order valence-electron chi connectivity index (χ2n) is 4.56. The molecule has 2 heterocycles. The molecular formula is C14H18N2O5. The number of nitrogens with one attached hydrogen (secondary N) is 1. The third-order valence-corrected chi connectivity index (χ3v) is 2.93. The molecule has 114 valence electrons. The van der Waals surface area contributed by atoms with Crippen molar-refractivity contribution in [1.29, 1.82) is 0 Å². The Labute approximate surface area is 122 Å². The van der Waals surface area contributed by atoms with Crippen LogP contribution in [0.2, 0.25) is 0 Å². The minimum Gasteiger partial charge on any atom is -0.461 e. The highest BCUT2D eigenvalue weighted by Crippen LogP contribution is 2.28. The molecule has 0 saturated carbocycles. The number of ether oxygens (including phenoxy) is 1. The molecule has 2 aromatic heterocycles. The highest BCUT2D eigenvalue weighted by atomic mass is 16.6. The van der Waals surface area contributed by atoms with Crippen molar-refractivity contribution >= 4 is 5.88 Å². The fraction of sp³-hybridized carbons (Fsp3) is 0.429. The highest BCUT2D eigenvalue weighted by molar-refractivity contribution is 5.25. The fourth-order valence-electron chi connectivity index (χ4n) is 2.00. The maximum Gasteiger partial charge on any atom is 0.433 e. The van der Waals surface area contributed by atoms with Gasteiger partial charge in [0.05, 0.1) is 6.07 Å². The van der Waals surface area contributed by atoms with Crippen LogP contribution in [0.5, 0.6) is 0 Å². The number of furan rings is 2. The maximum absolute atomic E-state index is 10.7. The van der Waals surface area contributed by atoms with Crippen LogP contribution in [0, 0.1) is 10.1 Å². The van der Waals surface area contributed by atoms with E-state index in [1.54, 1.807) is 13.2 Å². The number of nitro groups is 1. The van der Waals surface area contributed by atoms with Gasteiger partial charge < -0.3 is 18.9 Å². The summed E-state index contributed by atoms with van der Waals surface area (Å²) in [6.07, 6.45) is 0.922. The Kier molecular flexibility index (Phi) is 5.13. The van der Waals surface area contributed by atoms with Crippen molar-refractivity contribution in [3.8, 4) is 0 Å². The number of nitrogens with zero attached hydrogens (tertiary/aromatic N) is 1. The Bertz CT molecular complexity index is 590. The molecule has 7 nitrogen and oxygen atoms in total. The van der Waals surface area contributed by atoms with E-state index in [9.17, 15) is 10.1 Å². The monoisotopic (exact) mass is 294 g/mol. The third kappa shape index (κ3) is 3.71. The molecule has 0 radical (unpaired) electrons. The zero-order valence-corrected chi connectivity index (χ0v) is 12.0. The lowest BCUT2D eigenvalue weighted by molar-refractivity contribution is -0.402. The van der Waals surface area contributed by atoms with Gasteiger partial charge >= 0.3 is 5.88 Å². The van der Waals surface area contributed by atoms with Gasteiger partial charge in [0.1, 0.15) is 34.9 Å². The predicted molar refractivity (Wildman–Crippen MR) is 74.9 cm³/mol. The molecule has 1 N–H and O–H groups in total. The molecular weight excluding hydrogens is 276 g/mol. The van der Waals surface area contributed by atoms with Crippen LogP contribution >= 0.6 is 0 Å². The van der Waals surface area contributed by atoms with Gasteiger partial charge in [0, 0.05) is 7.11 Å². The Morgan fingerprint density at radius 3 is 2.62 bits per heavy atom. The van der Waals surface area contributed by atoms with E-state index in [0.717, 1.165) is 13.0 Å². The molecule has 0 aliphatic carbocycles. The van der Waals surface area contributed by atoms with Crippen molar-refractivity contribution in [3.05, 3.63) is 51.7 Å². The summed E-state index contributed by atoms with van der Waals surface area (Å²) in [5.74, 6) is 1.50. The Morgan fingerprint density at radius 2 is 2.00 bits per heavy atom. The summed E-state index contributed by atoms with van der Waals surface area (Å²) < 4.78 is 16.0. The van der Waals surface area contributed by atoms with Gasteiger partial charge in [-0.15, -0.1) is 0 Å². The molecule has 0 fully saturated rings. The van der Waals surface area contributed by atoms with Crippen molar-refractivity contribution < 1.29 is 18.5 Å². The average Bonchev–Trinajstić information content (AvgIpc) is 3.10. The summed E-state index contributed by atoms with van der Waals surface area (Å²) in [5, 5.41) is 14.0. The first-order valence-corrected chi connectivity index (χ1v) is 6.70. The van der Waals surface area contributed by atoms with Crippen LogP contribution in [-0.4, -0.2) is 18.6 Å². The smallest absolute Gasteiger partial charge is 0.433 e. The second kappa shape index (κ2) is 7.05. The predicted octanol–water partition coefficient (Wildman–Crippen LogP) is 3.02. The van der Waals surface area contributed by atoms with Crippen LogP contribution in [0.25, 0.3) is 0 Å². The SMILES string of the molecule is CCCNC(c1ccc(COC)o1)c1ccc([N+](=O)[O-])o1. The van der Waals surface area contributed by atoms with Crippen LogP contribution in [0.3, 0.4) is 0 Å². The molecule has 0 aromatic carbocycles. The van der Waals surface area contributed by atoms with Crippen molar-refractivity contribution in [3.63, 3.8) is 0 Å². The second-order valence-corrected chi connectivity index (χ2v) is 4.56. The van der Waals surface area contributed by atoms with Crippen LogP contribution in [0.15, 0.2) is 33.1 Å². The van der Waals surface area contributed by atoms with Gasteiger partial charge in [0.2, 0.25) is 0 Å². The molecule has 21 heavy (non-hydrogen) atoms. The quantitative estimate of drug-likeness (QED) is 0.594. The van der Waals surface area contributed by atoms with E-state index < -0.39 is 4.92 Å². The summed E-state index contributed by atoms with van der Waals surface area (Å²) >= 11 is 0. The number of rotatable bonds is 8. The molecule has 0 spiro atoms. The van der Waals surface area contributed by atoms with Crippen LogP contribution in [0.1, 0.15) is 36.7 Å². The zero-order valence-electron chi connectivity index (χ0n) is 12.0. The van der Waals surface area contributed by atoms with Gasteiger partial charge in [-0.1, -0.05) is 6.92 Å². The van der Waals surface area contributed by atoms with E-state index in [4.69, 9.17) is 13.6 Å². The van der Waals surface area contributed by atoms with Gasteiger partial charge in [0.25, 0.3) is 0 Å². The fourth-order valence-corrected chi connectivity index (χ4v) is 2.00. The normalized spacial score (nSPS) is 12.5. The van der Waals surface area contributed by atoms with Gasteiger partial charge in [-0.25, -0.2) is 0 Å². The average molecular weight is 294 g/mol. The minimum absolute atomic E-state index is 0.281. The molecule has 1 atom stereocenters. The van der Waals surface area contributed by atoms with Gasteiger partial charge in [-0.2, -0.15) is 0 Å². The lowest BCUT2D eigenvalue weighted by atomic mass is 10.1. The van der Waals surface area contributed by atoms with E-state index >= 15 is 0 Å². The summed E-state index contributed by atoms with van der Waals surface area (Å²) in [7, 11) is 1.59. The molecule has 0 aliphatic heterocycles. The summed E-state index contributed by atoms with van der Waals surface area (Å²) in [6.45, 7) is 3.14. The first-order chi connectivity index (χ1) is 10.2. The van der Waals surface area contributed by atoms with E-state index in [2.05, 4.69) is 5.32 Å². The van der Waals surface area contributed by atoms with E-state index in [1.165, 1.54) is 6.07 Å². The molecule has 0 aliphatic rings. The lowest BCUT2D eigenvalue weighted by Gasteiger charge is -2.13. The molecule has 7 heteroatoms. The van der Waals surface area contributed by atoms with Crippen molar-refractivity contribution in [1.82, 2.24) is 5.32 Å². The Morgan fingerprint density at radius 1 is 1.29 bits per heavy atom. The Hall–Kier alpha value is -2.12. The van der Waals surface area contributed by atoms with Gasteiger partial charge in [-0.3, -0.25) is 10.1 Å². The largest absolute Gasteiger partial charge is 0.461 e. The van der Waals surface area contributed by atoms with Crippen molar-refractivity contribution in [2.75, 3.05) is 13.7 Å². The summed E-state index contributed by atoms with van der Waals surface area (Å²) in [5.41, 5.74) is 0. The topological polar surface area (TPSA) is 90.7 Å². The zero-order chi connectivity index (χ0) is 15.2. The van der Waals surface area contributed by atoms with E-state index in [0.29, 0.717) is 23.9 Å². The first kappa shape index (κ1) is 15.3. The summed E-state index contributed by atoms with van der Waals surface area (Å²) in [6, 6.07) is 6.20. The first-order valence-electron chi connectivity index (χ1n) is 6.70. The van der Waals surface area contributed by atoms with Gasteiger partial charge in [-0.05, 0) is 31.2 Å².